The van der Waals surface area contributed by atoms with Gasteiger partial charge in [0, 0.05) is 25.7 Å². The van der Waals surface area contributed by atoms with E-state index in [9.17, 15) is 43.2 Å². The summed E-state index contributed by atoms with van der Waals surface area (Å²) in [4.78, 5) is 72.9. The molecule has 588 valence electrons. The van der Waals surface area contributed by atoms with E-state index in [0.29, 0.717) is 25.7 Å². The molecule has 0 aliphatic heterocycles. The minimum Gasteiger partial charge on any atom is -0.462 e. The topological polar surface area (TPSA) is 237 Å². The minimum absolute atomic E-state index is 0.105. The van der Waals surface area contributed by atoms with Gasteiger partial charge in [0.25, 0.3) is 0 Å². The third kappa shape index (κ3) is 72.8. The van der Waals surface area contributed by atoms with Crippen LogP contribution in [0.2, 0.25) is 0 Å². The molecule has 0 aliphatic rings. The predicted molar refractivity (Wildman–Crippen MR) is 404 cm³/mol. The molecule has 6 atom stereocenters. The van der Waals surface area contributed by atoms with Crippen LogP contribution in [0.1, 0.15) is 409 Å². The summed E-state index contributed by atoms with van der Waals surface area (Å²) in [6, 6.07) is 0. The molecule has 0 saturated heterocycles. The van der Waals surface area contributed by atoms with Crippen LogP contribution in [0.15, 0.2) is 0 Å². The Morgan fingerprint density at radius 1 is 0.283 bits per heavy atom. The van der Waals surface area contributed by atoms with Crippen LogP contribution in [-0.2, 0) is 65.4 Å². The summed E-state index contributed by atoms with van der Waals surface area (Å²) in [6.45, 7) is 14.2. The van der Waals surface area contributed by atoms with Gasteiger partial charge in [-0.1, -0.05) is 357 Å². The summed E-state index contributed by atoms with van der Waals surface area (Å²) in [5.74, 6) is 0.987. The van der Waals surface area contributed by atoms with Crippen LogP contribution in [0, 0.1) is 23.7 Å². The Morgan fingerprint density at radius 2 is 0.485 bits per heavy atom. The Bertz CT molecular complexity index is 1940. The second kappa shape index (κ2) is 69.1. The number of unbranched alkanes of at least 4 members (excludes halogenated alkanes) is 42. The van der Waals surface area contributed by atoms with Crippen molar-refractivity contribution in [2.45, 2.75) is 427 Å². The SMILES string of the molecule is CCC(C)CCCCCCCCCCCCCCCCCCCCC(=O)OC[C@H](COP(=O)(O)OCC(O)COP(=O)(O)OC[C@@H](COC(=O)CCCCCCCCCCC(C)C)OC(=O)CCCCCCCCCCCCC(C)C)OC(=O)CCCCCCCCCCCCC(C)C. The number of ether oxygens (including phenoxy) is 4. The smallest absolute Gasteiger partial charge is 0.462 e. The van der Waals surface area contributed by atoms with Crippen LogP contribution in [0.5, 0.6) is 0 Å². The largest absolute Gasteiger partial charge is 0.472 e. The van der Waals surface area contributed by atoms with Crippen LogP contribution in [0.4, 0.5) is 0 Å². The summed E-state index contributed by atoms with van der Waals surface area (Å²) in [5, 5.41) is 10.6. The fraction of sp³-hybridized carbons (Fsp3) is 0.950. The van der Waals surface area contributed by atoms with Crippen molar-refractivity contribution in [2.75, 3.05) is 39.6 Å². The molecule has 0 heterocycles. The third-order valence-electron chi connectivity index (χ3n) is 18.9. The molecular formula is C80H156O17P2. The Morgan fingerprint density at radius 3 is 0.717 bits per heavy atom. The van der Waals surface area contributed by atoms with Gasteiger partial charge in [0.05, 0.1) is 26.4 Å². The molecule has 0 aromatic carbocycles. The van der Waals surface area contributed by atoms with Gasteiger partial charge < -0.3 is 33.8 Å². The number of hydrogen-bond donors (Lipinski definition) is 3. The average Bonchev–Trinajstić information content (AvgIpc) is 1.28. The van der Waals surface area contributed by atoms with Crippen LogP contribution in [0.3, 0.4) is 0 Å². The number of aliphatic hydroxyl groups excluding tert-OH is 1. The van der Waals surface area contributed by atoms with E-state index < -0.39 is 97.5 Å². The molecule has 0 radical (unpaired) electrons. The van der Waals surface area contributed by atoms with Gasteiger partial charge in [-0.15, -0.1) is 0 Å². The highest BCUT2D eigenvalue weighted by atomic mass is 31.2. The van der Waals surface area contributed by atoms with Crippen LogP contribution >= 0.6 is 15.6 Å². The van der Waals surface area contributed by atoms with Crippen molar-refractivity contribution in [1.82, 2.24) is 0 Å². The molecule has 0 amide bonds. The van der Waals surface area contributed by atoms with E-state index >= 15 is 0 Å². The lowest BCUT2D eigenvalue weighted by molar-refractivity contribution is -0.161. The number of hydrogen-bond acceptors (Lipinski definition) is 15. The minimum atomic E-state index is -4.96. The zero-order valence-electron chi connectivity index (χ0n) is 65.1. The van der Waals surface area contributed by atoms with Crippen molar-refractivity contribution in [3.8, 4) is 0 Å². The number of phosphoric acid groups is 2. The highest BCUT2D eigenvalue weighted by Gasteiger charge is 2.30. The lowest BCUT2D eigenvalue weighted by Crippen LogP contribution is -2.30. The van der Waals surface area contributed by atoms with Gasteiger partial charge in [-0.25, -0.2) is 9.13 Å². The molecule has 0 aromatic rings. The van der Waals surface area contributed by atoms with E-state index in [1.807, 2.05) is 0 Å². The van der Waals surface area contributed by atoms with Crippen molar-refractivity contribution in [3.05, 3.63) is 0 Å². The van der Waals surface area contributed by atoms with Crippen molar-refractivity contribution in [3.63, 3.8) is 0 Å². The van der Waals surface area contributed by atoms with Crippen molar-refractivity contribution in [1.29, 1.82) is 0 Å². The summed E-state index contributed by atoms with van der Waals surface area (Å²) < 4.78 is 68.6. The van der Waals surface area contributed by atoms with Gasteiger partial charge in [0.15, 0.2) is 12.2 Å². The van der Waals surface area contributed by atoms with Crippen LogP contribution < -0.4 is 0 Å². The van der Waals surface area contributed by atoms with Crippen molar-refractivity contribution >= 4 is 39.5 Å². The van der Waals surface area contributed by atoms with E-state index in [-0.39, 0.29) is 25.7 Å². The first-order valence-electron chi connectivity index (χ1n) is 41.2. The highest BCUT2D eigenvalue weighted by Crippen LogP contribution is 2.45. The third-order valence-corrected chi connectivity index (χ3v) is 20.8. The fourth-order valence-corrected chi connectivity index (χ4v) is 13.8. The molecule has 0 aliphatic carbocycles. The maximum absolute atomic E-state index is 13.1. The number of carbonyl (C=O) groups excluding carboxylic acids is 4. The monoisotopic (exact) mass is 1450 g/mol. The first-order valence-corrected chi connectivity index (χ1v) is 44.2. The van der Waals surface area contributed by atoms with Gasteiger partial charge in [-0.2, -0.15) is 0 Å². The van der Waals surface area contributed by atoms with E-state index in [2.05, 4.69) is 55.4 Å². The molecule has 0 bridgehead atoms. The standard InChI is InChI=1S/C80H156O17P2/c1-9-73(8)59-51-43-35-26-18-16-14-12-10-11-13-15-17-19-27-36-44-52-60-77(82)90-66-75(96-79(84)62-54-46-38-28-22-20-24-32-40-48-56-70(2)3)68-94-98(86,87)92-64-74(81)65-93-99(88,89)95-69-76(67-91-78(83)61-53-45-37-31-30-34-42-50-58-72(6)7)97-80(85)63-55-47-39-29-23-21-25-33-41-49-57-71(4)5/h70-76,81H,9-69H2,1-8H3,(H,86,87)(H,88,89)/t73?,74?,75-,76-/m1/s1. The lowest BCUT2D eigenvalue weighted by Gasteiger charge is -2.21. The molecular weight excluding hydrogens is 1290 g/mol. The molecule has 99 heavy (non-hydrogen) atoms. The fourth-order valence-electron chi connectivity index (χ4n) is 12.2. The molecule has 0 saturated carbocycles. The number of phosphoric ester groups is 2. The Labute approximate surface area is 607 Å². The Kier molecular flexibility index (Phi) is 67.8. The Balaban J connectivity index is 5.19. The first kappa shape index (κ1) is 97.1. The summed E-state index contributed by atoms with van der Waals surface area (Å²) in [5.41, 5.74) is 0. The second-order valence-corrected chi connectivity index (χ2v) is 33.4. The van der Waals surface area contributed by atoms with Crippen molar-refractivity contribution in [2.24, 2.45) is 23.7 Å². The molecule has 0 spiro atoms. The normalized spacial score (nSPS) is 14.3. The lowest BCUT2D eigenvalue weighted by atomic mass is 9.99. The number of rotatable bonds is 77. The van der Waals surface area contributed by atoms with E-state index in [1.54, 1.807) is 0 Å². The van der Waals surface area contributed by atoms with Gasteiger partial charge in [0.1, 0.15) is 19.3 Å². The summed E-state index contributed by atoms with van der Waals surface area (Å²) >= 11 is 0. The molecule has 3 N–H and O–H groups in total. The summed E-state index contributed by atoms with van der Waals surface area (Å²) in [7, 11) is -9.92. The van der Waals surface area contributed by atoms with E-state index in [0.717, 1.165) is 114 Å². The van der Waals surface area contributed by atoms with Gasteiger partial charge >= 0.3 is 39.5 Å². The zero-order chi connectivity index (χ0) is 73.1. The van der Waals surface area contributed by atoms with E-state index in [4.69, 9.17) is 37.0 Å². The molecule has 4 unspecified atom stereocenters. The second-order valence-electron chi connectivity index (χ2n) is 30.5. The summed E-state index contributed by atoms with van der Waals surface area (Å²) in [6.07, 6.45) is 55.6. The van der Waals surface area contributed by atoms with Gasteiger partial charge in [0.2, 0.25) is 0 Å². The predicted octanol–water partition coefficient (Wildman–Crippen LogP) is 23.6. The molecule has 0 fully saturated rings. The molecule has 0 aromatic heterocycles. The van der Waals surface area contributed by atoms with E-state index in [1.165, 1.54) is 212 Å². The van der Waals surface area contributed by atoms with Crippen molar-refractivity contribution < 1.29 is 80.2 Å². The molecule has 17 nitrogen and oxygen atoms in total. The number of carbonyl (C=O) groups is 4. The molecule has 19 heteroatoms. The quantitative estimate of drug-likeness (QED) is 0.0222. The highest BCUT2D eigenvalue weighted by molar-refractivity contribution is 7.47. The Hall–Kier alpha value is -1.94. The van der Waals surface area contributed by atoms with Crippen LogP contribution in [-0.4, -0.2) is 96.7 Å². The number of aliphatic hydroxyl groups is 1. The van der Waals surface area contributed by atoms with Gasteiger partial charge in [-0.3, -0.25) is 37.3 Å². The average molecular weight is 1450 g/mol. The first-order chi connectivity index (χ1) is 47.6. The number of esters is 4. The van der Waals surface area contributed by atoms with Crippen LogP contribution in [0.25, 0.3) is 0 Å². The maximum atomic E-state index is 13.1. The zero-order valence-corrected chi connectivity index (χ0v) is 66.9. The van der Waals surface area contributed by atoms with Gasteiger partial charge in [-0.05, 0) is 49.4 Å². The molecule has 0 rings (SSSR count). The maximum Gasteiger partial charge on any atom is 0.472 e.